The lowest BCUT2D eigenvalue weighted by molar-refractivity contribution is 0.573. The Morgan fingerprint density at radius 3 is 2.65 bits per heavy atom. The third kappa shape index (κ3) is 5.31. The van der Waals surface area contributed by atoms with Crippen LogP contribution in [0.4, 0.5) is 4.39 Å². The first-order valence-corrected chi connectivity index (χ1v) is 8.38. The fraction of sp³-hybridized carbons (Fsp3) is 0.455. The highest BCUT2D eigenvalue weighted by molar-refractivity contribution is 14.1. The van der Waals surface area contributed by atoms with E-state index in [2.05, 4.69) is 27.3 Å². The van der Waals surface area contributed by atoms with Gasteiger partial charge in [0.2, 0.25) is 10.0 Å². The molecule has 0 spiro atoms. The molecule has 96 valence electrons. The lowest BCUT2D eigenvalue weighted by atomic mass is 10.3. The average molecular weight is 371 g/mol. The van der Waals surface area contributed by atoms with Crippen LogP contribution >= 0.6 is 22.6 Å². The molecule has 0 aliphatic heterocycles. The van der Waals surface area contributed by atoms with Gasteiger partial charge in [-0.3, -0.25) is 0 Å². The molecule has 1 aromatic carbocycles. The molecule has 1 aromatic rings. The average Bonchev–Trinajstić information content (AvgIpc) is 2.29. The summed E-state index contributed by atoms with van der Waals surface area (Å²) in [5.74, 6) is -0.544. The molecule has 0 heterocycles. The minimum atomic E-state index is -3.56. The molecule has 0 radical (unpaired) electrons. The molecule has 0 aliphatic carbocycles. The Hall–Kier alpha value is -0.210. The SMILES string of the molecule is O=S(=O)(NCCCCCI)c1cccc(F)c1. The Morgan fingerprint density at radius 2 is 2.00 bits per heavy atom. The van der Waals surface area contributed by atoms with Gasteiger partial charge in [0.15, 0.2) is 0 Å². The van der Waals surface area contributed by atoms with Crippen molar-refractivity contribution in [2.45, 2.75) is 24.2 Å². The van der Waals surface area contributed by atoms with E-state index in [1.165, 1.54) is 18.2 Å². The second kappa shape index (κ2) is 7.27. The van der Waals surface area contributed by atoms with Crippen molar-refractivity contribution in [1.82, 2.24) is 4.72 Å². The van der Waals surface area contributed by atoms with E-state index in [-0.39, 0.29) is 4.90 Å². The molecule has 0 fully saturated rings. The van der Waals surface area contributed by atoms with Gasteiger partial charge in [0.1, 0.15) is 5.82 Å². The minimum Gasteiger partial charge on any atom is -0.211 e. The van der Waals surface area contributed by atoms with Crippen molar-refractivity contribution in [3.63, 3.8) is 0 Å². The lowest BCUT2D eigenvalue weighted by Crippen LogP contribution is -2.24. The molecular weight excluding hydrogens is 356 g/mol. The van der Waals surface area contributed by atoms with Gasteiger partial charge in [0, 0.05) is 6.54 Å². The largest absolute Gasteiger partial charge is 0.240 e. The van der Waals surface area contributed by atoms with Gasteiger partial charge < -0.3 is 0 Å². The highest BCUT2D eigenvalue weighted by Gasteiger charge is 2.13. The number of sulfonamides is 1. The zero-order valence-electron chi connectivity index (χ0n) is 9.33. The molecule has 0 saturated heterocycles. The number of hydrogen-bond donors (Lipinski definition) is 1. The maximum Gasteiger partial charge on any atom is 0.240 e. The summed E-state index contributed by atoms with van der Waals surface area (Å²) in [6.07, 6.45) is 2.88. The van der Waals surface area contributed by atoms with Crippen LogP contribution in [0.5, 0.6) is 0 Å². The van der Waals surface area contributed by atoms with Crippen LogP contribution in [0.25, 0.3) is 0 Å². The van der Waals surface area contributed by atoms with Crippen molar-refractivity contribution < 1.29 is 12.8 Å². The fourth-order valence-electron chi connectivity index (χ4n) is 1.32. The monoisotopic (exact) mass is 371 g/mol. The van der Waals surface area contributed by atoms with Crippen LogP contribution in [-0.4, -0.2) is 19.4 Å². The summed E-state index contributed by atoms with van der Waals surface area (Å²) in [4.78, 5) is -0.0219. The van der Waals surface area contributed by atoms with Crippen LogP contribution in [0.15, 0.2) is 29.2 Å². The highest BCUT2D eigenvalue weighted by Crippen LogP contribution is 2.10. The van der Waals surface area contributed by atoms with E-state index < -0.39 is 15.8 Å². The Morgan fingerprint density at radius 1 is 1.24 bits per heavy atom. The first kappa shape index (κ1) is 14.8. The molecule has 17 heavy (non-hydrogen) atoms. The van der Waals surface area contributed by atoms with Gasteiger partial charge in [-0.25, -0.2) is 17.5 Å². The fourth-order valence-corrected chi connectivity index (χ4v) is 2.96. The Kier molecular flexibility index (Phi) is 6.35. The van der Waals surface area contributed by atoms with Crippen LogP contribution in [0.1, 0.15) is 19.3 Å². The standard InChI is InChI=1S/C11H15FINO2S/c12-10-5-4-6-11(9-10)17(15,16)14-8-3-1-2-7-13/h4-6,9,14H,1-3,7-8H2. The molecule has 0 saturated carbocycles. The summed E-state index contributed by atoms with van der Waals surface area (Å²) in [6, 6.07) is 5.02. The van der Waals surface area contributed by atoms with Gasteiger partial charge in [-0.1, -0.05) is 35.1 Å². The molecular formula is C11H15FINO2S. The summed E-state index contributed by atoms with van der Waals surface area (Å²) in [5, 5.41) is 0. The van der Waals surface area contributed by atoms with Crippen molar-refractivity contribution >= 4 is 32.6 Å². The number of rotatable bonds is 7. The van der Waals surface area contributed by atoms with Crippen molar-refractivity contribution in [2.24, 2.45) is 0 Å². The molecule has 1 rings (SSSR count). The van der Waals surface area contributed by atoms with E-state index in [1.54, 1.807) is 0 Å². The number of nitrogens with one attached hydrogen (secondary N) is 1. The quantitative estimate of drug-likeness (QED) is 0.455. The maximum absolute atomic E-state index is 12.9. The Balaban J connectivity index is 2.51. The Labute approximate surface area is 115 Å². The van der Waals surface area contributed by atoms with Crippen LogP contribution < -0.4 is 4.72 Å². The summed E-state index contributed by atoms with van der Waals surface area (Å²) < 4.78 is 39.9. The molecule has 1 N–H and O–H groups in total. The third-order valence-electron chi connectivity index (χ3n) is 2.21. The molecule has 0 aromatic heterocycles. The van der Waals surface area contributed by atoms with Crippen molar-refractivity contribution in [3.05, 3.63) is 30.1 Å². The van der Waals surface area contributed by atoms with E-state index >= 15 is 0 Å². The minimum absolute atomic E-state index is 0.0219. The number of alkyl halides is 1. The number of halogens is 2. The lowest BCUT2D eigenvalue weighted by Gasteiger charge is -2.06. The first-order chi connectivity index (χ1) is 8.06. The highest BCUT2D eigenvalue weighted by atomic mass is 127. The molecule has 0 bridgehead atoms. The maximum atomic E-state index is 12.9. The van der Waals surface area contributed by atoms with Gasteiger partial charge in [-0.2, -0.15) is 0 Å². The predicted molar refractivity (Wildman–Crippen MR) is 74.3 cm³/mol. The van der Waals surface area contributed by atoms with Crippen molar-refractivity contribution in [2.75, 3.05) is 11.0 Å². The van der Waals surface area contributed by atoms with E-state index in [9.17, 15) is 12.8 Å². The van der Waals surface area contributed by atoms with Gasteiger partial charge in [0.05, 0.1) is 4.90 Å². The van der Waals surface area contributed by atoms with Gasteiger partial charge in [-0.15, -0.1) is 0 Å². The smallest absolute Gasteiger partial charge is 0.211 e. The molecule has 0 unspecified atom stereocenters. The molecule has 0 atom stereocenters. The summed E-state index contributed by atoms with van der Waals surface area (Å²) in [6.45, 7) is 0.398. The summed E-state index contributed by atoms with van der Waals surface area (Å²) >= 11 is 2.29. The van der Waals surface area contributed by atoms with Crippen LogP contribution in [0, 0.1) is 5.82 Å². The van der Waals surface area contributed by atoms with Crippen molar-refractivity contribution in [3.8, 4) is 0 Å². The van der Waals surface area contributed by atoms with E-state index in [4.69, 9.17) is 0 Å². The summed E-state index contributed by atoms with van der Waals surface area (Å²) in [5.41, 5.74) is 0. The topological polar surface area (TPSA) is 46.2 Å². The van der Waals surface area contributed by atoms with Crippen LogP contribution in [0.3, 0.4) is 0 Å². The number of unbranched alkanes of at least 4 members (excludes halogenated alkanes) is 2. The second-order valence-electron chi connectivity index (χ2n) is 3.60. The normalized spacial score (nSPS) is 11.6. The van der Waals surface area contributed by atoms with E-state index in [0.29, 0.717) is 6.54 Å². The second-order valence-corrected chi connectivity index (χ2v) is 6.45. The molecule has 6 heteroatoms. The zero-order chi connectivity index (χ0) is 12.7. The van der Waals surface area contributed by atoms with Gasteiger partial charge in [-0.05, 0) is 35.5 Å². The number of benzene rings is 1. The summed E-state index contributed by atoms with van der Waals surface area (Å²) in [7, 11) is -3.56. The van der Waals surface area contributed by atoms with Gasteiger partial charge >= 0.3 is 0 Å². The molecule has 0 amide bonds. The first-order valence-electron chi connectivity index (χ1n) is 5.37. The van der Waals surface area contributed by atoms with Crippen LogP contribution in [-0.2, 0) is 10.0 Å². The van der Waals surface area contributed by atoms with Crippen molar-refractivity contribution in [1.29, 1.82) is 0 Å². The molecule has 3 nitrogen and oxygen atoms in total. The predicted octanol–water partition coefficient (Wildman–Crippen LogP) is 2.71. The van der Waals surface area contributed by atoms with Gasteiger partial charge in [0.25, 0.3) is 0 Å². The van der Waals surface area contributed by atoms with E-state index in [0.717, 1.165) is 29.8 Å². The van der Waals surface area contributed by atoms with E-state index in [1.807, 2.05) is 0 Å². The third-order valence-corrected chi connectivity index (χ3v) is 4.43. The Bertz CT molecular complexity index is 451. The number of hydrogen-bond acceptors (Lipinski definition) is 2. The zero-order valence-corrected chi connectivity index (χ0v) is 12.3. The molecule has 0 aliphatic rings. The van der Waals surface area contributed by atoms with Crippen LogP contribution in [0.2, 0.25) is 0 Å².